The minimum Gasteiger partial charge on any atom is -0.507 e. The van der Waals surface area contributed by atoms with Crippen LogP contribution in [-0.2, 0) is 4.74 Å². The summed E-state index contributed by atoms with van der Waals surface area (Å²) in [5.74, 6) is -3.76. The molecule has 4 aromatic rings. The minimum atomic E-state index is -1.00. The summed E-state index contributed by atoms with van der Waals surface area (Å²) < 4.78 is 50.1. The van der Waals surface area contributed by atoms with E-state index in [0.29, 0.717) is 53.8 Å². The van der Waals surface area contributed by atoms with Gasteiger partial charge in [0.2, 0.25) is 0 Å². The van der Waals surface area contributed by atoms with Gasteiger partial charge in [-0.15, -0.1) is 0 Å². The summed E-state index contributed by atoms with van der Waals surface area (Å²) in [5, 5.41) is 11.3. The Labute approximate surface area is 193 Å². The Kier molecular flexibility index (Phi) is 5.53. The SMILES string of the molecule is NC(=O)c1ccc(-c2c(C3CCOCC3)n(-c3ccc(F)c(F)c3)c3cccc(O)c23)cc1F. The fourth-order valence-corrected chi connectivity index (χ4v) is 4.76. The van der Waals surface area contributed by atoms with Crippen LogP contribution in [-0.4, -0.2) is 28.8 Å². The highest BCUT2D eigenvalue weighted by atomic mass is 19.2. The molecule has 0 saturated carbocycles. The number of aromatic hydroxyl groups is 1. The van der Waals surface area contributed by atoms with E-state index in [0.717, 1.165) is 17.8 Å². The van der Waals surface area contributed by atoms with Gasteiger partial charge in [-0.1, -0.05) is 12.1 Å². The Morgan fingerprint density at radius 1 is 0.971 bits per heavy atom. The molecule has 5 nitrogen and oxygen atoms in total. The van der Waals surface area contributed by atoms with E-state index in [1.165, 1.54) is 24.3 Å². The lowest BCUT2D eigenvalue weighted by molar-refractivity contribution is 0.0843. The summed E-state index contributed by atoms with van der Waals surface area (Å²) >= 11 is 0. The molecule has 0 unspecified atom stereocenters. The lowest BCUT2D eigenvalue weighted by Gasteiger charge is -2.26. The average Bonchev–Trinajstić information content (AvgIpc) is 3.17. The number of nitrogens with two attached hydrogens (primary N) is 1. The number of phenols is 1. The van der Waals surface area contributed by atoms with Gasteiger partial charge in [-0.25, -0.2) is 13.2 Å². The first kappa shape index (κ1) is 22.0. The number of carbonyl (C=O) groups is 1. The molecule has 0 spiro atoms. The van der Waals surface area contributed by atoms with Gasteiger partial charge in [-0.2, -0.15) is 0 Å². The topological polar surface area (TPSA) is 77.5 Å². The van der Waals surface area contributed by atoms with Crippen LogP contribution >= 0.6 is 0 Å². The molecule has 5 rings (SSSR count). The van der Waals surface area contributed by atoms with Gasteiger partial charge in [0.15, 0.2) is 11.6 Å². The molecule has 8 heteroatoms. The quantitative estimate of drug-likeness (QED) is 0.422. The molecule has 1 aliphatic rings. The highest BCUT2D eigenvalue weighted by Gasteiger charge is 2.29. The molecular formula is C26H21F3N2O3. The van der Waals surface area contributed by atoms with E-state index in [9.17, 15) is 23.1 Å². The van der Waals surface area contributed by atoms with Crippen molar-refractivity contribution in [3.63, 3.8) is 0 Å². The molecule has 0 atom stereocenters. The van der Waals surface area contributed by atoms with Crippen molar-refractivity contribution < 1.29 is 27.8 Å². The number of amides is 1. The highest BCUT2D eigenvalue weighted by molar-refractivity contribution is 6.04. The second-order valence-corrected chi connectivity index (χ2v) is 8.31. The van der Waals surface area contributed by atoms with E-state index < -0.39 is 23.4 Å². The number of fused-ring (bicyclic) bond motifs is 1. The third kappa shape index (κ3) is 3.60. The van der Waals surface area contributed by atoms with Crippen LogP contribution in [0.15, 0.2) is 54.6 Å². The molecule has 0 aliphatic carbocycles. The monoisotopic (exact) mass is 466 g/mol. The van der Waals surface area contributed by atoms with E-state index in [1.54, 1.807) is 22.8 Å². The molecule has 1 fully saturated rings. The van der Waals surface area contributed by atoms with Gasteiger partial charge in [0.25, 0.3) is 5.91 Å². The van der Waals surface area contributed by atoms with Gasteiger partial charge in [0, 0.05) is 47.5 Å². The predicted octanol–water partition coefficient (Wildman–Crippen LogP) is 5.41. The van der Waals surface area contributed by atoms with Gasteiger partial charge < -0.3 is 20.1 Å². The standard InChI is InChI=1S/C26H21F3N2O3/c27-18-7-5-16(13-20(18)29)31-21-2-1-3-22(32)24(21)23(25(31)14-8-10-34-11-9-14)15-4-6-17(26(30)33)19(28)12-15/h1-7,12-14,32H,8-11H2,(H2,30,33). The average molecular weight is 466 g/mol. The Bertz CT molecular complexity index is 1420. The third-order valence-electron chi connectivity index (χ3n) is 6.30. The zero-order valence-corrected chi connectivity index (χ0v) is 18.0. The van der Waals surface area contributed by atoms with Gasteiger partial charge in [0.1, 0.15) is 11.6 Å². The fraction of sp³-hybridized carbons (Fsp3) is 0.192. The maximum Gasteiger partial charge on any atom is 0.251 e. The van der Waals surface area contributed by atoms with Gasteiger partial charge in [-0.3, -0.25) is 4.79 Å². The normalized spacial score (nSPS) is 14.6. The Balaban J connectivity index is 1.88. The van der Waals surface area contributed by atoms with E-state index >= 15 is 0 Å². The Hall–Kier alpha value is -3.78. The lowest BCUT2D eigenvalue weighted by Crippen LogP contribution is -2.17. The van der Waals surface area contributed by atoms with Crippen LogP contribution in [0.2, 0.25) is 0 Å². The number of ether oxygens (including phenoxy) is 1. The minimum absolute atomic E-state index is 0.0403. The van der Waals surface area contributed by atoms with E-state index in [4.69, 9.17) is 10.5 Å². The summed E-state index contributed by atoms with van der Waals surface area (Å²) in [7, 11) is 0. The van der Waals surface area contributed by atoms with E-state index in [1.807, 2.05) is 0 Å². The van der Waals surface area contributed by atoms with Gasteiger partial charge in [-0.05, 0) is 54.8 Å². The zero-order chi connectivity index (χ0) is 24.0. The maximum atomic E-state index is 14.8. The molecule has 0 bridgehead atoms. The van der Waals surface area contributed by atoms with Gasteiger partial charge >= 0.3 is 0 Å². The van der Waals surface area contributed by atoms with Crippen LogP contribution in [0.1, 0.15) is 34.8 Å². The molecule has 1 saturated heterocycles. The van der Waals surface area contributed by atoms with Crippen molar-refractivity contribution in [1.29, 1.82) is 0 Å². The van der Waals surface area contributed by atoms with Crippen LogP contribution in [0.4, 0.5) is 13.2 Å². The number of phenolic OH excluding ortho intramolecular Hbond substituents is 1. The Morgan fingerprint density at radius 2 is 1.74 bits per heavy atom. The highest BCUT2D eigenvalue weighted by Crippen LogP contribution is 2.46. The fourth-order valence-electron chi connectivity index (χ4n) is 4.76. The summed E-state index contributed by atoms with van der Waals surface area (Å²) in [4.78, 5) is 11.6. The molecule has 0 radical (unpaired) electrons. The third-order valence-corrected chi connectivity index (χ3v) is 6.30. The molecular weight excluding hydrogens is 445 g/mol. The van der Waals surface area contributed by atoms with Crippen molar-refractivity contribution in [2.75, 3.05) is 13.2 Å². The van der Waals surface area contributed by atoms with Crippen LogP contribution < -0.4 is 5.73 Å². The second kappa shape index (κ2) is 8.53. The van der Waals surface area contributed by atoms with Crippen LogP contribution in [0, 0.1) is 17.5 Å². The summed E-state index contributed by atoms with van der Waals surface area (Å²) in [6, 6.07) is 12.6. The number of nitrogens with zero attached hydrogens (tertiary/aromatic N) is 1. The van der Waals surface area contributed by atoms with Crippen LogP contribution in [0.3, 0.4) is 0 Å². The van der Waals surface area contributed by atoms with Gasteiger partial charge in [0.05, 0.1) is 11.1 Å². The van der Waals surface area contributed by atoms with Crippen molar-refractivity contribution in [2.45, 2.75) is 18.8 Å². The summed E-state index contributed by atoms with van der Waals surface area (Å²) in [6.45, 7) is 1.01. The largest absolute Gasteiger partial charge is 0.507 e. The molecule has 2 heterocycles. The number of hydrogen-bond acceptors (Lipinski definition) is 3. The molecule has 174 valence electrons. The number of halogens is 3. The summed E-state index contributed by atoms with van der Waals surface area (Å²) in [5.41, 5.74) is 7.65. The number of benzene rings is 3. The molecule has 34 heavy (non-hydrogen) atoms. The van der Waals surface area contributed by atoms with E-state index in [2.05, 4.69) is 0 Å². The van der Waals surface area contributed by atoms with Crippen LogP contribution in [0.5, 0.6) is 5.75 Å². The molecule has 1 aromatic heterocycles. The molecule has 3 aromatic carbocycles. The number of rotatable bonds is 4. The maximum absolute atomic E-state index is 14.8. The number of primary amides is 1. The molecule has 3 N–H and O–H groups in total. The van der Waals surface area contributed by atoms with Crippen molar-refractivity contribution in [2.24, 2.45) is 5.73 Å². The smallest absolute Gasteiger partial charge is 0.251 e. The zero-order valence-electron chi connectivity index (χ0n) is 18.0. The van der Waals surface area contributed by atoms with Crippen molar-refractivity contribution in [3.05, 3.63) is 83.3 Å². The van der Waals surface area contributed by atoms with Crippen LogP contribution in [0.25, 0.3) is 27.7 Å². The Morgan fingerprint density at radius 3 is 2.41 bits per heavy atom. The first-order chi connectivity index (χ1) is 16.4. The van der Waals surface area contributed by atoms with Crippen molar-refractivity contribution in [3.8, 4) is 22.6 Å². The second-order valence-electron chi connectivity index (χ2n) is 8.31. The number of carbonyl (C=O) groups excluding carboxylic acids is 1. The molecule has 1 amide bonds. The summed E-state index contributed by atoms with van der Waals surface area (Å²) in [6.07, 6.45) is 1.30. The van der Waals surface area contributed by atoms with E-state index in [-0.39, 0.29) is 17.2 Å². The first-order valence-electron chi connectivity index (χ1n) is 10.9. The van der Waals surface area contributed by atoms with Crippen molar-refractivity contribution in [1.82, 2.24) is 4.57 Å². The molecule has 1 aliphatic heterocycles. The predicted molar refractivity (Wildman–Crippen MR) is 122 cm³/mol. The lowest BCUT2D eigenvalue weighted by atomic mass is 9.89. The first-order valence-corrected chi connectivity index (χ1v) is 10.9. The van der Waals surface area contributed by atoms with Crippen molar-refractivity contribution >= 4 is 16.8 Å². The number of hydrogen-bond donors (Lipinski definition) is 2. The number of aromatic nitrogens is 1.